The number of rotatable bonds is 46. The van der Waals surface area contributed by atoms with E-state index in [4.69, 9.17) is 33.7 Å². The van der Waals surface area contributed by atoms with E-state index in [0.29, 0.717) is 25.0 Å². The number of aromatic nitrogens is 4. The molecule has 3 aromatic rings. The molecule has 0 bridgehead atoms. The number of nitrogens with one attached hydrogen (secondary N) is 2. The molecule has 0 saturated carbocycles. The molecule has 0 radical (unpaired) electrons. The van der Waals surface area contributed by atoms with Gasteiger partial charge in [0.2, 0.25) is 0 Å². The number of carbonyl (C=O) groups is 3. The van der Waals surface area contributed by atoms with Gasteiger partial charge in [-0.1, -0.05) is 147 Å². The Kier molecular flexibility index (Phi) is 36.1. The minimum atomic E-state index is -4.70. The Bertz CT molecular complexity index is 2290. The number of aromatic amines is 1. The topological polar surface area (TPSA) is 246 Å². The molecular formula is C58H93N6O12P. The van der Waals surface area contributed by atoms with E-state index in [1.165, 1.54) is 95.1 Å². The van der Waals surface area contributed by atoms with Gasteiger partial charge in [-0.3, -0.25) is 28.0 Å². The molecule has 0 fully saturated rings. The van der Waals surface area contributed by atoms with Crippen LogP contribution in [0.1, 0.15) is 216 Å². The quantitative estimate of drug-likeness (QED) is 0.0135. The molecule has 77 heavy (non-hydrogen) atoms. The summed E-state index contributed by atoms with van der Waals surface area (Å²) in [5, 5.41) is 2.63. The Balaban J connectivity index is 1.40. The summed E-state index contributed by atoms with van der Waals surface area (Å²) in [7, 11) is -3.17. The monoisotopic (exact) mass is 1100 g/mol. The number of ether oxygens (including phenoxy) is 4. The van der Waals surface area contributed by atoms with Crippen LogP contribution in [0.15, 0.2) is 41.2 Å². The SMILES string of the molecule is CCCCCCCCC#CCCCCCCCC(=O)OC(COC(=O)CCCCCCCC=CCCCCCCCCC)COP(=O)(O)OCCNC(=O)c1ccc(Cn2c(=O)[nH]c3c(N)nc(OCCOC)nc32)cc1. The molecule has 0 spiro atoms. The number of hydrogen-bond donors (Lipinski definition) is 4. The van der Waals surface area contributed by atoms with E-state index < -0.39 is 44.1 Å². The second-order valence-corrected chi connectivity index (χ2v) is 21.1. The van der Waals surface area contributed by atoms with E-state index >= 15 is 0 Å². The summed E-state index contributed by atoms with van der Waals surface area (Å²) in [6, 6.07) is 6.47. The molecule has 2 aromatic heterocycles. The lowest BCUT2D eigenvalue weighted by molar-refractivity contribution is -0.161. The third-order valence-corrected chi connectivity index (χ3v) is 13.8. The first-order valence-corrected chi connectivity index (χ1v) is 30.3. The van der Waals surface area contributed by atoms with Gasteiger partial charge in [-0.2, -0.15) is 9.97 Å². The summed E-state index contributed by atoms with van der Waals surface area (Å²) in [6.45, 7) is 3.63. The van der Waals surface area contributed by atoms with Crippen LogP contribution in [0.3, 0.4) is 0 Å². The van der Waals surface area contributed by atoms with Crippen molar-refractivity contribution < 1.29 is 51.8 Å². The van der Waals surface area contributed by atoms with E-state index in [0.717, 1.165) is 77.0 Å². The summed E-state index contributed by atoms with van der Waals surface area (Å²) in [5.41, 5.74) is 7.07. The largest absolute Gasteiger partial charge is 0.472 e. The van der Waals surface area contributed by atoms with Crippen LogP contribution in [0.5, 0.6) is 6.01 Å². The Morgan fingerprint density at radius 2 is 1.29 bits per heavy atom. The van der Waals surface area contributed by atoms with Gasteiger partial charge in [0.05, 0.1) is 26.4 Å². The Hall–Kier alpha value is -5.05. The molecule has 0 aliphatic rings. The van der Waals surface area contributed by atoms with Gasteiger partial charge in [0, 0.05) is 44.9 Å². The maximum absolute atomic E-state index is 12.9. The summed E-state index contributed by atoms with van der Waals surface area (Å²) in [5.74, 6) is 5.16. The summed E-state index contributed by atoms with van der Waals surface area (Å²) >= 11 is 0. The highest BCUT2D eigenvalue weighted by molar-refractivity contribution is 7.47. The standard InChI is InChI=1S/C58H93N6O12P/c1-4-6-8-10-12-14-16-18-20-22-23-25-27-29-31-33-35-51(65)73-46-50(76-52(66)36-34-32-30-28-26-24-21-19-17-15-13-11-9-7-5-2)47-75-77(69,70)74-42-41-60-56(67)49-39-37-48(38-40-49)45-64-55-53(61-58(64)68)54(59)62-57(63-55)72-44-43-71-3/h20,22,37-40,50H,4-18,23-36,41-47H2,1-3H3,(H,60,67)(H,61,68)(H,69,70)(H2,59,62,63). The van der Waals surface area contributed by atoms with Gasteiger partial charge < -0.3 is 39.9 Å². The zero-order chi connectivity index (χ0) is 55.6. The number of nitrogens with zero attached hydrogens (tertiary/aromatic N) is 3. The molecule has 1 aromatic carbocycles. The molecule has 18 nitrogen and oxygen atoms in total. The maximum Gasteiger partial charge on any atom is 0.472 e. The van der Waals surface area contributed by atoms with E-state index in [1.807, 2.05) is 0 Å². The lowest BCUT2D eigenvalue weighted by Crippen LogP contribution is -2.30. The summed E-state index contributed by atoms with van der Waals surface area (Å²) in [6.07, 6.45) is 33.9. The van der Waals surface area contributed by atoms with Crippen molar-refractivity contribution in [3.8, 4) is 17.9 Å². The number of carbonyl (C=O) groups excluding carboxylic acids is 3. The first-order valence-electron chi connectivity index (χ1n) is 28.8. The van der Waals surface area contributed by atoms with Crippen LogP contribution in [0, 0.1) is 11.8 Å². The molecular weight excluding hydrogens is 1000 g/mol. The average Bonchev–Trinajstić information content (AvgIpc) is 3.74. The van der Waals surface area contributed by atoms with Gasteiger partial charge in [-0.15, -0.1) is 11.8 Å². The average molecular weight is 1100 g/mol. The number of unbranched alkanes of at least 4 members (excludes halogenated alkanes) is 23. The summed E-state index contributed by atoms with van der Waals surface area (Å²) in [4.78, 5) is 73.0. The first kappa shape index (κ1) is 66.2. The third-order valence-electron chi connectivity index (χ3n) is 12.9. The Morgan fingerprint density at radius 3 is 1.88 bits per heavy atom. The number of allylic oxidation sites excluding steroid dienone is 2. The van der Waals surface area contributed by atoms with E-state index in [1.54, 1.807) is 24.3 Å². The van der Waals surface area contributed by atoms with Crippen molar-refractivity contribution in [2.45, 2.75) is 213 Å². The van der Waals surface area contributed by atoms with Crippen LogP contribution < -0.4 is 21.5 Å². The number of benzene rings is 1. The third kappa shape index (κ3) is 31.2. The Morgan fingerprint density at radius 1 is 0.727 bits per heavy atom. The molecule has 2 heterocycles. The molecule has 2 unspecified atom stereocenters. The van der Waals surface area contributed by atoms with Gasteiger partial charge in [0.1, 0.15) is 18.7 Å². The number of nitrogens with two attached hydrogens (primary N) is 1. The molecule has 5 N–H and O–H groups in total. The van der Waals surface area contributed by atoms with Crippen LogP contribution in [-0.4, -0.2) is 95.1 Å². The fourth-order valence-corrected chi connectivity index (χ4v) is 9.12. The number of esters is 2. The molecule has 19 heteroatoms. The molecule has 3 rings (SSSR count). The molecule has 0 saturated heterocycles. The van der Waals surface area contributed by atoms with E-state index in [2.05, 4.69) is 58.1 Å². The minimum absolute atomic E-state index is 0.00456. The highest BCUT2D eigenvalue weighted by atomic mass is 31.2. The van der Waals surface area contributed by atoms with Gasteiger partial charge in [-0.05, 0) is 69.1 Å². The summed E-state index contributed by atoms with van der Waals surface area (Å²) < 4.78 is 46.2. The van der Waals surface area contributed by atoms with Crippen molar-refractivity contribution in [3.63, 3.8) is 0 Å². The van der Waals surface area contributed by atoms with E-state index in [9.17, 15) is 28.6 Å². The van der Waals surface area contributed by atoms with Crippen molar-refractivity contribution in [2.75, 3.05) is 52.4 Å². The molecule has 1 amide bonds. The number of nitrogen functional groups attached to an aromatic ring is 1. The first-order chi connectivity index (χ1) is 37.5. The minimum Gasteiger partial charge on any atom is -0.462 e. The highest BCUT2D eigenvalue weighted by Gasteiger charge is 2.26. The van der Waals surface area contributed by atoms with Gasteiger partial charge in [0.15, 0.2) is 17.6 Å². The van der Waals surface area contributed by atoms with Crippen molar-refractivity contribution in [3.05, 3.63) is 58.0 Å². The number of phosphoric ester groups is 1. The number of methoxy groups -OCH3 is 1. The molecule has 0 aliphatic carbocycles. The molecule has 432 valence electrons. The second-order valence-electron chi connectivity index (χ2n) is 19.6. The number of amides is 1. The van der Waals surface area contributed by atoms with Crippen molar-refractivity contribution in [1.82, 2.24) is 24.8 Å². The number of fused-ring (bicyclic) bond motifs is 1. The number of phosphoric acid groups is 1. The number of hydrogen-bond acceptors (Lipinski definition) is 14. The predicted octanol–water partition coefficient (Wildman–Crippen LogP) is 12.0. The van der Waals surface area contributed by atoms with Crippen LogP contribution in [0.2, 0.25) is 0 Å². The normalized spacial score (nSPS) is 12.6. The Labute approximate surface area is 458 Å². The van der Waals surface area contributed by atoms with Crippen LogP contribution >= 0.6 is 7.82 Å². The van der Waals surface area contributed by atoms with Crippen molar-refractivity contribution in [2.24, 2.45) is 0 Å². The fourth-order valence-electron chi connectivity index (χ4n) is 8.36. The van der Waals surface area contributed by atoms with Crippen molar-refractivity contribution in [1.29, 1.82) is 0 Å². The zero-order valence-corrected chi connectivity index (χ0v) is 47.7. The van der Waals surface area contributed by atoms with Gasteiger partial charge >= 0.3 is 31.5 Å². The number of H-pyrrole nitrogens is 1. The van der Waals surface area contributed by atoms with Gasteiger partial charge in [-0.25, -0.2) is 9.36 Å². The van der Waals surface area contributed by atoms with Gasteiger partial charge in [0.25, 0.3) is 5.91 Å². The fraction of sp³-hybridized carbons (Fsp3) is 0.690. The second kappa shape index (κ2) is 42.0. The zero-order valence-electron chi connectivity index (χ0n) is 46.8. The van der Waals surface area contributed by atoms with E-state index in [-0.39, 0.29) is 74.3 Å². The maximum atomic E-state index is 12.9. The van der Waals surface area contributed by atoms with Crippen LogP contribution in [0.4, 0.5) is 5.82 Å². The van der Waals surface area contributed by atoms with Crippen LogP contribution in [-0.2, 0) is 44.0 Å². The molecule has 2 atom stereocenters. The smallest absolute Gasteiger partial charge is 0.462 e. The molecule has 0 aliphatic heterocycles. The lowest BCUT2D eigenvalue weighted by Gasteiger charge is -2.20. The van der Waals surface area contributed by atoms with Crippen LogP contribution in [0.25, 0.3) is 11.2 Å². The predicted molar refractivity (Wildman–Crippen MR) is 303 cm³/mol. The van der Waals surface area contributed by atoms with Crippen molar-refractivity contribution >= 4 is 42.7 Å². The lowest BCUT2D eigenvalue weighted by atomic mass is 10.1. The highest BCUT2D eigenvalue weighted by Crippen LogP contribution is 2.43. The number of imidazole rings is 1. The number of anilines is 1.